The highest BCUT2D eigenvalue weighted by atomic mass is 19.4. The van der Waals surface area contributed by atoms with Crippen LogP contribution in [0.5, 0.6) is 5.75 Å². The summed E-state index contributed by atoms with van der Waals surface area (Å²) in [5.74, 6) is -1.52. The van der Waals surface area contributed by atoms with Crippen molar-refractivity contribution in [2.75, 3.05) is 41.1 Å². The molecular weight excluding hydrogens is 509 g/mol. The van der Waals surface area contributed by atoms with Crippen molar-refractivity contribution in [3.8, 4) is 5.75 Å². The van der Waals surface area contributed by atoms with Crippen molar-refractivity contribution >= 4 is 41.0 Å². The van der Waals surface area contributed by atoms with E-state index in [1.165, 1.54) is 42.5 Å². The number of rotatable bonds is 7. The molecule has 3 aromatic rings. The monoisotopic (exact) mass is 530 g/mol. The van der Waals surface area contributed by atoms with Gasteiger partial charge >= 0.3 is 18.2 Å². The first-order valence-corrected chi connectivity index (χ1v) is 11.0. The summed E-state index contributed by atoms with van der Waals surface area (Å²) < 4.78 is 44.5. The normalized spacial score (nSPS) is 13.1. The van der Waals surface area contributed by atoms with Crippen LogP contribution in [-0.2, 0) is 17.5 Å². The number of carbonyl (C=O) groups excluding carboxylic acids is 2. The lowest BCUT2D eigenvalue weighted by atomic mass is 10.1. The summed E-state index contributed by atoms with van der Waals surface area (Å²) in [7, 11) is 2.93. The van der Waals surface area contributed by atoms with E-state index in [4.69, 9.17) is 4.74 Å². The molecule has 1 aliphatic heterocycles. The fourth-order valence-electron chi connectivity index (χ4n) is 3.79. The molecule has 0 saturated heterocycles. The first-order chi connectivity index (χ1) is 18.0. The number of aliphatic carboxylic acids is 1. The summed E-state index contributed by atoms with van der Waals surface area (Å²) in [6, 6.07) is 7.57. The van der Waals surface area contributed by atoms with Gasteiger partial charge in [0.05, 0.1) is 24.9 Å². The number of carboxylic acids is 1. The molecule has 0 fully saturated rings. The standard InChI is InChI=1S/C24H21F3N6O5/c1-28-22-29-10-14-11-32(23(37)33(12-19(34)35)20(14)31-22)17-7-16(8-18(9-17)38-2)30-21(36)13-4-3-5-15(6-13)24(25,26)27/h3-10H,11-12H2,1-2H3,(H,30,36)(H,34,35)(H,28,29,31). The molecule has 0 unspecified atom stereocenters. The molecule has 4 rings (SSSR count). The van der Waals surface area contributed by atoms with Gasteiger partial charge in [-0.15, -0.1) is 0 Å². The molecule has 2 heterocycles. The van der Waals surface area contributed by atoms with Crippen LogP contribution in [0.3, 0.4) is 0 Å². The lowest BCUT2D eigenvalue weighted by Crippen LogP contribution is -2.50. The van der Waals surface area contributed by atoms with Gasteiger partial charge in [-0.25, -0.2) is 9.78 Å². The lowest BCUT2D eigenvalue weighted by Gasteiger charge is -2.35. The van der Waals surface area contributed by atoms with Crippen LogP contribution in [0.4, 0.5) is 41.1 Å². The zero-order valence-corrected chi connectivity index (χ0v) is 20.0. The van der Waals surface area contributed by atoms with Crippen LogP contribution in [0.2, 0.25) is 0 Å². The van der Waals surface area contributed by atoms with Crippen LogP contribution >= 0.6 is 0 Å². The fourth-order valence-corrected chi connectivity index (χ4v) is 3.79. The average Bonchev–Trinajstić information content (AvgIpc) is 2.89. The van der Waals surface area contributed by atoms with Gasteiger partial charge in [0.15, 0.2) is 0 Å². The molecular formula is C24H21F3N6O5. The van der Waals surface area contributed by atoms with Gasteiger partial charge in [0.1, 0.15) is 18.1 Å². The maximum absolute atomic E-state index is 13.4. The molecule has 0 aliphatic carbocycles. The summed E-state index contributed by atoms with van der Waals surface area (Å²) in [6.45, 7) is -0.700. The number of carbonyl (C=O) groups is 3. The van der Waals surface area contributed by atoms with Gasteiger partial charge in [0.25, 0.3) is 5.91 Å². The molecule has 198 valence electrons. The smallest absolute Gasteiger partial charge is 0.416 e. The molecule has 1 aromatic heterocycles. The van der Waals surface area contributed by atoms with E-state index in [0.717, 1.165) is 23.1 Å². The third-order valence-corrected chi connectivity index (χ3v) is 5.55. The molecule has 0 atom stereocenters. The Bertz CT molecular complexity index is 1410. The summed E-state index contributed by atoms with van der Waals surface area (Å²) in [4.78, 5) is 48.2. The van der Waals surface area contributed by atoms with E-state index in [2.05, 4.69) is 20.6 Å². The number of hydrogen-bond acceptors (Lipinski definition) is 7. The number of benzene rings is 2. The number of halogens is 3. The van der Waals surface area contributed by atoms with Crippen molar-refractivity contribution in [3.05, 3.63) is 65.4 Å². The number of methoxy groups -OCH3 is 1. The Morgan fingerprint density at radius 3 is 2.61 bits per heavy atom. The number of alkyl halides is 3. The van der Waals surface area contributed by atoms with E-state index >= 15 is 0 Å². The van der Waals surface area contributed by atoms with E-state index in [1.807, 2.05) is 0 Å². The van der Waals surface area contributed by atoms with E-state index in [9.17, 15) is 32.7 Å². The minimum Gasteiger partial charge on any atom is -0.497 e. The second-order valence-corrected chi connectivity index (χ2v) is 8.09. The van der Waals surface area contributed by atoms with Gasteiger partial charge in [-0.05, 0) is 24.3 Å². The van der Waals surface area contributed by atoms with Crippen LogP contribution in [0, 0.1) is 0 Å². The fraction of sp³-hybridized carbons (Fsp3) is 0.208. The number of hydrogen-bond donors (Lipinski definition) is 3. The predicted octanol–water partition coefficient (Wildman–Crippen LogP) is 3.83. The van der Waals surface area contributed by atoms with Crippen LogP contribution in [0.1, 0.15) is 21.5 Å². The number of ether oxygens (including phenoxy) is 1. The zero-order chi connectivity index (χ0) is 27.6. The summed E-state index contributed by atoms with van der Waals surface area (Å²) in [6.07, 6.45) is -3.16. The van der Waals surface area contributed by atoms with Crippen molar-refractivity contribution in [3.63, 3.8) is 0 Å². The Morgan fingerprint density at radius 1 is 1.18 bits per heavy atom. The number of fused-ring (bicyclic) bond motifs is 1. The number of aromatic nitrogens is 2. The van der Waals surface area contributed by atoms with Crippen molar-refractivity contribution in [2.24, 2.45) is 0 Å². The number of nitrogens with zero attached hydrogens (tertiary/aromatic N) is 4. The lowest BCUT2D eigenvalue weighted by molar-refractivity contribution is -0.137. The summed E-state index contributed by atoms with van der Waals surface area (Å²) in [5.41, 5.74) is -0.380. The molecule has 2 aromatic carbocycles. The number of anilines is 4. The molecule has 14 heteroatoms. The Hall–Kier alpha value is -4.88. The highest BCUT2D eigenvalue weighted by molar-refractivity contribution is 6.09. The molecule has 38 heavy (non-hydrogen) atoms. The van der Waals surface area contributed by atoms with Crippen LogP contribution in [-0.4, -0.2) is 53.7 Å². The summed E-state index contributed by atoms with van der Waals surface area (Å²) >= 11 is 0. The molecule has 11 nitrogen and oxygen atoms in total. The predicted molar refractivity (Wildman–Crippen MR) is 131 cm³/mol. The summed E-state index contributed by atoms with van der Waals surface area (Å²) in [5, 5.41) is 14.6. The SMILES string of the molecule is CNc1ncc2c(n1)N(CC(=O)O)C(=O)N(c1cc(NC(=O)c3cccc(C(F)(F)F)c3)cc(OC)c1)C2. The third kappa shape index (κ3) is 5.43. The Kier molecular flexibility index (Phi) is 7.06. The van der Waals surface area contributed by atoms with E-state index in [-0.39, 0.29) is 41.0 Å². The molecule has 3 N–H and O–H groups in total. The molecule has 0 radical (unpaired) electrons. The maximum Gasteiger partial charge on any atom is 0.416 e. The molecule has 0 saturated carbocycles. The Balaban J connectivity index is 1.69. The largest absolute Gasteiger partial charge is 0.497 e. The van der Waals surface area contributed by atoms with Gasteiger partial charge in [-0.1, -0.05) is 6.07 Å². The van der Waals surface area contributed by atoms with E-state index in [1.54, 1.807) is 7.05 Å². The Labute approximate surface area is 213 Å². The van der Waals surface area contributed by atoms with Crippen LogP contribution in [0.15, 0.2) is 48.7 Å². The van der Waals surface area contributed by atoms with Crippen molar-refractivity contribution in [1.29, 1.82) is 0 Å². The van der Waals surface area contributed by atoms with Crippen molar-refractivity contribution < 1.29 is 37.4 Å². The first kappa shape index (κ1) is 26.2. The topological polar surface area (TPSA) is 137 Å². The third-order valence-electron chi connectivity index (χ3n) is 5.55. The Morgan fingerprint density at radius 2 is 1.95 bits per heavy atom. The van der Waals surface area contributed by atoms with Gasteiger partial charge in [0, 0.05) is 42.2 Å². The molecule has 3 amide bonds. The van der Waals surface area contributed by atoms with E-state index in [0.29, 0.717) is 5.56 Å². The highest BCUT2D eigenvalue weighted by Crippen LogP contribution is 2.35. The minimum absolute atomic E-state index is 0.0253. The van der Waals surface area contributed by atoms with Gasteiger partial charge in [0.2, 0.25) is 5.95 Å². The minimum atomic E-state index is -4.62. The van der Waals surface area contributed by atoms with Crippen molar-refractivity contribution in [1.82, 2.24) is 9.97 Å². The van der Waals surface area contributed by atoms with Crippen molar-refractivity contribution in [2.45, 2.75) is 12.7 Å². The zero-order valence-electron chi connectivity index (χ0n) is 20.0. The van der Waals surface area contributed by atoms with Crippen LogP contribution in [0.25, 0.3) is 0 Å². The molecule has 0 bridgehead atoms. The number of urea groups is 1. The average molecular weight is 530 g/mol. The van der Waals surface area contributed by atoms with Gasteiger partial charge < -0.3 is 20.5 Å². The first-order valence-electron chi connectivity index (χ1n) is 11.0. The highest BCUT2D eigenvalue weighted by Gasteiger charge is 2.35. The number of carboxylic acid groups (broad SMARTS) is 1. The molecule has 1 aliphatic rings. The molecule has 0 spiro atoms. The van der Waals surface area contributed by atoms with Gasteiger partial charge in [-0.2, -0.15) is 18.2 Å². The van der Waals surface area contributed by atoms with Crippen LogP contribution < -0.4 is 25.2 Å². The second-order valence-electron chi connectivity index (χ2n) is 8.09. The quantitative estimate of drug-likeness (QED) is 0.419. The van der Waals surface area contributed by atoms with E-state index < -0.39 is 36.2 Å². The maximum atomic E-state index is 13.4. The number of amides is 3. The number of nitrogens with one attached hydrogen (secondary N) is 2. The second kappa shape index (κ2) is 10.2. The van der Waals surface area contributed by atoms with Gasteiger partial charge in [-0.3, -0.25) is 19.4 Å².